The summed E-state index contributed by atoms with van der Waals surface area (Å²) in [4.78, 5) is 11.4. The van der Waals surface area contributed by atoms with Crippen LogP contribution in [0.25, 0.3) is 0 Å². The molecule has 0 aliphatic carbocycles. The zero-order valence-electron chi connectivity index (χ0n) is 11.2. The van der Waals surface area contributed by atoms with Gasteiger partial charge in [0.1, 0.15) is 5.75 Å². The number of carbonyl (C=O) groups excluding carboxylic acids is 1. The Kier molecular flexibility index (Phi) is 4.29. The van der Waals surface area contributed by atoms with Crippen molar-refractivity contribution in [1.82, 2.24) is 0 Å². The first-order chi connectivity index (χ1) is 9.51. The van der Waals surface area contributed by atoms with E-state index in [1.54, 1.807) is 19.2 Å². The third kappa shape index (κ3) is 3.11. The van der Waals surface area contributed by atoms with Crippen molar-refractivity contribution >= 4 is 38.8 Å². The van der Waals surface area contributed by atoms with Crippen LogP contribution in [0.2, 0.25) is 0 Å². The average Bonchev–Trinajstić information content (AvgIpc) is 2.38. The number of anilines is 3. The maximum Gasteiger partial charge on any atom is 0.161 e. The summed E-state index contributed by atoms with van der Waals surface area (Å²) in [5.74, 6) is 0.677. The Balaban J connectivity index is 2.33. The van der Waals surface area contributed by atoms with Gasteiger partial charge >= 0.3 is 0 Å². The van der Waals surface area contributed by atoms with Crippen LogP contribution in [0.15, 0.2) is 40.9 Å². The molecule has 2 rings (SSSR count). The van der Waals surface area contributed by atoms with Gasteiger partial charge in [-0.1, -0.05) is 15.9 Å². The number of hydrogen-bond acceptors (Lipinski definition) is 4. The minimum Gasteiger partial charge on any atom is -0.495 e. The van der Waals surface area contributed by atoms with Gasteiger partial charge in [-0.3, -0.25) is 4.79 Å². The lowest BCUT2D eigenvalue weighted by Crippen LogP contribution is -2.01. The highest BCUT2D eigenvalue weighted by molar-refractivity contribution is 9.10. The Morgan fingerprint density at radius 2 is 2.00 bits per heavy atom. The molecule has 0 saturated carbocycles. The van der Waals surface area contributed by atoms with Gasteiger partial charge < -0.3 is 15.8 Å². The van der Waals surface area contributed by atoms with Crippen LogP contribution in [0.1, 0.15) is 17.3 Å². The summed E-state index contributed by atoms with van der Waals surface area (Å²) in [7, 11) is 1.61. The van der Waals surface area contributed by atoms with Crippen molar-refractivity contribution in [2.75, 3.05) is 18.2 Å². The number of ether oxygens (including phenoxy) is 1. The average molecular weight is 335 g/mol. The van der Waals surface area contributed by atoms with Crippen molar-refractivity contribution < 1.29 is 9.53 Å². The van der Waals surface area contributed by atoms with Crippen LogP contribution in [0.3, 0.4) is 0 Å². The van der Waals surface area contributed by atoms with Gasteiger partial charge in [-0.2, -0.15) is 0 Å². The molecule has 3 N–H and O–H groups in total. The third-order valence-corrected chi connectivity index (χ3v) is 3.36. The second-order valence-electron chi connectivity index (χ2n) is 4.33. The molecule has 0 aromatic heterocycles. The fourth-order valence-corrected chi connectivity index (χ4v) is 2.26. The maximum atomic E-state index is 11.4. The van der Waals surface area contributed by atoms with Crippen molar-refractivity contribution in [2.45, 2.75) is 6.92 Å². The molecule has 2 aromatic rings. The molecule has 2 aromatic carbocycles. The van der Waals surface area contributed by atoms with Gasteiger partial charge in [-0.25, -0.2) is 0 Å². The number of nitrogens with two attached hydrogens (primary N) is 1. The number of halogens is 1. The second kappa shape index (κ2) is 5.96. The van der Waals surface area contributed by atoms with Gasteiger partial charge in [0.05, 0.1) is 12.8 Å². The van der Waals surface area contributed by atoms with Crippen molar-refractivity contribution in [3.63, 3.8) is 0 Å². The normalized spacial score (nSPS) is 10.2. The molecule has 0 amide bonds. The topological polar surface area (TPSA) is 64.3 Å². The Hall–Kier alpha value is -2.01. The van der Waals surface area contributed by atoms with E-state index in [1.165, 1.54) is 6.92 Å². The zero-order valence-corrected chi connectivity index (χ0v) is 12.8. The summed E-state index contributed by atoms with van der Waals surface area (Å²) in [5.41, 5.74) is 8.47. The molecule has 0 aliphatic rings. The molecule has 0 radical (unpaired) electrons. The molecule has 0 spiro atoms. The lowest BCUT2D eigenvalue weighted by atomic mass is 10.1. The highest BCUT2D eigenvalue weighted by Gasteiger charge is 2.08. The first-order valence-corrected chi connectivity index (χ1v) is 6.81. The predicted octanol–water partition coefficient (Wildman–Crippen LogP) is 3.99. The van der Waals surface area contributed by atoms with E-state index in [-0.39, 0.29) is 5.78 Å². The Labute approximate surface area is 126 Å². The van der Waals surface area contributed by atoms with Gasteiger partial charge in [0.15, 0.2) is 5.78 Å². The molecule has 0 fully saturated rings. The maximum absolute atomic E-state index is 11.4. The summed E-state index contributed by atoms with van der Waals surface area (Å²) in [6, 6.07) is 10.9. The molecule has 104 valence electrons. The zero-order chi connectivity index (χ0) is 14.7. The number of rotatable bonds is 4. The first kappa shape index (κ1) is 14.4. The molecule has 0 heterocycles. The molecule has 20 heavy (non-hydrogen) atoms. The number of hydrogen-bond donors (Lipinski definition) is 2. The monoisotopic (exact) mass is 334 g/mol. The van der Waals surface area contributed by atoms with Gasteiger partial charge in [-0.05, 0) is 43.3 Å². The summed E-state index contributed by atoms with van der Waals surface area (Å²) < 4.78 is 6.24. The summed E-state index contributed by atoms with van der Waals surface area (Å²) in [5, 5.41) is 3.22. The standard InChI is InChI=1S/C15H15BrN2O2/c1-9(19)12-5-4-11(8-13(12)17)18-14-7-10(16)3-6-15(14)20-2/h3-8,18H,17H2,1-2H3. The van der Waals surface area contributed by atoms with Gasteiger partial charge in [0.25, 0.3) is 0 Å². The highest BCUT2D eigenvalue weighted by Crippen LogP contribution is 2.31. The van der Waals surface area contributed by atoms with E-state index < -0.39 is 0 Å². The summed E-state index contributed by atoms with van der Waals surface area (Å²) in [6.07, 6.45) is 0. The highest BCUT2D eigenvalue weighted by atomic mass is 79.9. The molecule has 0 bridgehead atoms. The van der Waals surface area contributed by atoms with Crippen LogP contribution in [0.4, 0.5) is 17.1 Å². The fourth-order valence-electron chi connectivity index (χ4n) is 1.89. The molecule has 0 saturated heterocycles. The van der Waals surface area contributed by atoms with Gasteiger partial charge in [0, 0.05) is 21.4 Å². The number of benzene rings is 2. The number of Topliss-reactive ketones (excluding diaryl/α,β-unsaturated/α-hetero) is 1. The molecular weight excluding hydrogens is 320 g/mol. The second-order valence-corrected chi connectivity index (χ2v) is 5.24. The van der Waals surface area contributed by atoms with E-state index in [0.29, 0.717) is 11.3 Å². The van der Waals surface area contributed by atoms with Crippen molar-refractivity contribution in [3.05, 3.63) is 46.4 Å². The van der Waals surface area contributed by atoms with Crippen LogP contribution in [0.5, 0.6) is 5.75 Å². The van der Waals surface area contributed by atoms with Crippen LogP contribution in [0, 0.1) is 0 Å². The van der Waals surface area contributed by atoms with Crippen molar-refractivity contribution in [1.29, 1.82) is 0 Å². The van der Waals surface area contributed by atoms with Crippen LogP contribution >= 0.6 is 15.9 Å². The first-order valence-electron chi connectivity index (χ1n) is 6.02. The van der Waals surface area contributed by atoms with E-state index in [4.69, 9.17) is 10.5 Å². The molecule has 0 aliphatic heterocycles. The smallest absolute Gasteiger partial charge is 0.161 e. The minimum absolute atomic E-state index is 0.0471. The number of nitrogens with one attached hydrogen (secondary N) is 1. The SMILES string of the molecule is COc1ccc(Br)cc1Nc1ccc(C(C)=O)c(N)c1. The predicted molar refractivity (Wildman–Crippen MR) is 84.8 cm³/mol. The number of ketones is 1. The fraction of sp³-hybridized carbons (Fsp3) is 0.133. The van der Waals surface area contributed by atoms with Gasteiger partial charge in [-0.15, -0.1) is 0 Å². The van der Waals surface area contributed by atoms with Crippen molar-refractivity contribution in [3.8, 4) is 5.75 Å². The largest absolute Gasteiger partial charge is 0.495 e. The number of carbonyl (C=O) groups is 1. The third-order valence-electron chi connectivity index (χ3n) is 2.87. The van der Waals surface area contributed by atoms with Crippen LogP contribution < -0.4 is 15.8 Å². The molecule has 0 atom stereocenters. The van der Waals surface area contributed by atoms with E-state index in [2.05, 4.69) is 21.2 Å². The summed E-state index contributed by atoms with van der Waals surface area (Å²) in [6.45, 7) is 1.50. The van der Waals surface area contributed by atoms with Crippen LogP contribution in [-0.2, 0) is 0 Å². The Morgan fingerprint density at radius 1 is 1.25 bits per heavy atom. The Morgan fingerprint density at radius 3 is 2.60 bits per heavy atom. The lowest BCUT2D eigenvalue weighted by Gasteiger charge is -2.13. The number of nitrogen functional groups attached to an aromatic ring is 1. The minimum atomic E-state index is -0.0471. The molecule has 4 nitrogen and oxygen atoms in total. The van der Waals surface area contributed by atoms with E-state index in [9.17, 15) is 4.79 Å². The van der Waals surface area contributed by atoms with Crippen LogP contribution in [-0.4, -0.2) is 12.9 Å². The van der Waals surface area contributed by atoms with E-state index >= 15 is 0 Å². The van der Waals surface area contributed by atoms with E-state index in [1.807, 2.05) is 24.3 Å². The van der Waals surface area contributed by atoms with Crippen molar-refractivity contribution in [2.24, 2.45) is 0 Å². The molecule has 5 heteroatoms. The van der Waals surface area contributed by atoms with Gasteiger partial charge in [0.2, 0.25) is 0 Å². The van der Waals surface area contributed by atoms with E-state index in [0.717, 1.165) is 21.6 Å². The Bertz CT molecular complexity index is 656. The molecular formula is C15H15BrN2O2. The molecule has 0 unspecified atom stereocenters. The number of methoxy groups -OCH3 is 1. The lowest BCUT2D eigenvalue weighted by molar-refractivity contribution is 0.101. The summed E-state index contributed by atoms with van der Waals surface area (Å²) >= 11 is 3.42. The quantitative estimate of drug-likeness (QED) is 0.655.